The van der Waals surface area contributed by atoms with Gasteiger partial charge >= 0.3 is 0 Å². The first-order chi connectivity index (χ1) is 9.01. The number of para-hydroxylation sites is 1. The van der Waals surface area contributed by atoms with Crippen LogP contribution in [0.25, 0.3) is 0 Å². The van der Waals surface area contributed by atoms with Gasteiger partial charge < -0.3 is 15.5 Å². The second-order valence-corrected chi connectivity index (χ2v) is 5.71. The van der Waals surface area contributed by atoms with Gasteiger partial charge in [-0.2, -0.15) is 0 Å². The molecule has 2 N–H and O–H groups in total. The molecule has 0 saturated carbocycles. The fourth-order valence-corrected chi connectivity index (χ4v) is 2.47. The van der Waals surface area contributed by atoms with Gasteiger partial charge in [-0.1, -0.05) is 18.2 Å². The SMILES string of the molecule is CN(C)Cc1ccccc1NC(=O)C1(C)CCCN1. The van der Waals surface area contributed by atoms with E-state index in [2.05, 4.69) is 21.6 Å². The third kappa shape index (κ3) is 3.33. The van der Waals surface area contributed by atoms with Gasteiger partial charge in [0.15, 0.2) is 0 Å². The van der Waals surface area contributed by atoms with Crippen molar-refractivity contribution in [2.45, 2.75) is 31.8 Å². The molecule has 1 fully saturated rings. The first kappa shape index (κ1) is 14.0. The van der Waals surface area contributed by atoms with Crippen LogP contribution < -0.4 is 10.6 Å². The Morgan fingerprint density at radius 2 is 2.16 bits per heavy atom. The van der Waals surface area contributed by atoms with Crippen LogP contribution in [0.4, 0.5) is 5.69 Å². The topological polar surface area (TPSA) is 44.4 Å². The van der Waals surface area contributed by atoms with Gasteiger partial charge in [0.2, 0.25) is 5.91 Å². The van der Waals surface area contributed by atoms with Crippen LogP contribution in [0.5, 0.6) is 0 Å². The molecule has 0 aromatic heterocycles. The highest BCUT2D eigenvalue weighted by molar-refractivity contribution is 5.98. The average molecular weight is 261 g/mol. The lowest BCUT2D eigenvalue weighted by molar-refractivity contribution is -0.121. The molecule has 1 aromatic carbocycles. The van der Waals surface area contributed by atoms with Gasteiger partial charge in [-0.3, -0.25) is 4.79 Å². The molecule has 0 bridgehead atoms. The lowest BCUT2D eigenvalue weighted by Crippen LogP contribution is -2.48. The standard InChI is InChI=1S/C15H23N3O/c1-15(9-6-10-16-15)14(19)17-13-8-5-4-7-12(13)11-18(2)3/h4-5,7-8,16H,6,9-11H2,1-3H3,(H,17,19). The molecule has 4 heteroatoms. The van der Waals surface area contributed by atoms with E-state index in [1.807, 2.05) is 39.2 Å². The number of hydrogen-bond acceptors (Lipinski definition) is 3. The smallest absolute Gasteiger partial charge is 0.244 e. The van der Waals surface area contributed by atoms with Crippen molar-refractivity contribution < 1.29 is 4.79 Å². The van der Waals surface area contributed by atoms with Gasteiger partial charge in [-0.25, -0.2) is 0 Å². The molecule has 0 radical (unpaired) electrons. The first-order valence-electron chi connectivity index (χ1n) is 6.80. The van der Waals surface area contributed by atoms with E-state index in [4.69, 9.17) is 0 Å². The number of benzene rings is 1. The Labute approximate surface area is 115 Å². The van der Waals surface area contributed by atoms with Gasteiger partial charge in [0.25, 0.3) is 0 Å². The number of nitrogens with zero attached hydrogens (tertiary/aromatic N) is 1. The zero-order valence-corrected chi connectivity index (χ0v) is 12.0. The monoisotopic (exact) mass is 261 g/mol. The maximum Gasteiger partial charge on any atom is 0.244 e. The predicted molar refractivity (Wildman–Crippen MR) is 78.1 cm³/mol. The van der Waals surface area contributed by atoms with Crippen LogP contribution in [0.15, 0.2) is 24.3 Å². The third-order valence-electron chi connectivity index (χ3n) is 3.62. The van der Waals surface area contributed by atoms with E-state index in [-0.39, 0.29) is 5.91 Å². The van der Waals surface area contributed by atoms with E-state index < -0.39 is 5.54 Å². The molecule has 1 aliphatic heterocycles. The Bertz CT molecular complexity index is 450. The second kappa shape index (κ2) is 5.72. The largest absolute Gasteiger partial charge is 0.324 e. The van der Waals surface area contributed by atoms with E-state index >= 15 is 0 Å². The van der Waals surface area contributed by atoms with Crippen molar-refractivity contribution >= 4 is 11.6 Å². The summed E-state index contributed by atoms with van der Waals surface area (Å²) in [4.78, 5) is 14.5. The molecule has 1 heterocycles. The Morgan fingerprint density at radius 3 is 2.79 bits per heavy atom. The molecular weight excluding hydrogens is 238 g/mol. The van der Waals surface area contributed by atoms with Gasteiger partial charge in [0, 0.05) is 12.2 Å². The summed E-state index contributed by atoms with van der Waals surface area (Å²) < 4.78 is 0. The van der Waals surface area contributed by atoms with Crippen LogP contribution >= 0.6 is 0 Å². The number of hydrogen-bond donors (Lipinski definition) is 2. The quantitative estimate of drug-likeness (QED) is 0.869. The number of nitrogens with one attached hydrogen (secondary N) is 2. The van der Waals surface area contributed by atoms with Crippen molar-refractivity contribution in [3.8, 4) is 0 Å². The molecule has 0 aliphatic carbocycles. The molecule has 2 rings (SSSR count). The van der Waals surface area contributed by atoms with Gasteiger partial charge in [-0.05, 0) is 52.0 Å². The number of carbonyl (C=O) groups is 1. The van der Waals surface area contributed by atoms with Gasteiger partial charge in [-0.15, -0.1) is 0 Å². The van der Waals surface area contributed by atoms with Crippen LogP contribution in [0.3, 0.4) is 0 Å². The number of anilines is 1. The Kier molecular flexibility index (Phi) is 4.22. The fraction of sp³-hybridized carbons (Fsp3) is 0.533. The normalized spacial score (nSPS) is 22.7. The van der Waals surface area contributed by atoms with E-state index in [0.717, 1.165) is 37.2 Å². The molecule has 1 aliphatic rings. The molecule has 0 spiro atoms. The number of rotatable bonds is 4. The predicted octanol–water partition coefficient (Wildman–Crippen LogP) is 1.83. The zero-order valence-electron chi connectivity index (χ0n) is 12.0. The summed E-state index contributed by atoms with van der Waals surface area (Å²) in [5.74, 6) is 0.0659. The van der Waals surface area contributed by atoms with Crippen LogP contribution in [-0.2, 0) is 11.3 Å². The Morgan fingerprint density at radius 1 is 1.42 bits per heavy atom. The second-order valence-electron chi connectivity index (χ2n) is 5.71. The van der Waals surface area contributed by atoms with Crippen molar-refractivity contribution in [2.24, 2.45) is 0 Å². The minimum atomic E-state index is -0.425. The number of amides is 1. The highest BCUT2D eigenvalue weighted by Gasteiger charge is 2.35. The van der Waals surface area contributed by atoms with E-state index in [9.17, 15) is 4.79 Å². The van der Waals surface area contributed by atoms with Crippen molar-refractivity contribution in [1.29, 1.82) is 0 Å². The summed E-state index contributed by atoms with van der Waals surface area (Å²) in [6.07, 6.45) is 1.96. The first-order valence-corrected chi connectivity index (χ1v) is 6.80. The van der Waals surface area contributed by atoms with Gasteiger partial charge in [0.05, 0.1) is 5.54 Å². The molecule has 4 nitrogen and oxygen atoms in total. The van der Waals surface area contributed by atoms with Gasteiger partial charge in [0.1, 0.15) is 0 Å². The van der Waals surface area contributed by atoms with Crippen LogP contribution in [0.2, 0.25) is 0 Å². The van der Waals surface area contributed by atoms with E-state index in [1.54, 1.807) is 0 Å². The molecule has 1 unspecified atom stereocenters. The molecule has 1 aromatic rings. The molecule has 104 valence electrons. The Hall–Kier alpha value is -1.39. The highest BCUT2D eigenvalue weighted by Crippen LogP contribution is 2.23. The van der Waals surface area contributed by atoms with E-state index in [1.165, 1.54) is 0 Å². The highest BCUT2D eigenvalue weighted by atomic mass is 16.2. The van der Waals surface area contributed by atoms with Crippen molar-refractivity contribution in [3.63, 3.8) is 0 Å². The third-order valence-corrected chi connectivity index (χ3v) is 3.62. The fourth-order valence-electron chi connectivity index (χ4n) is 2.47. The number of carbonyl (C=O) groups excluding carboxylic acids is 1. The lowest BCUT2D eigenvalue weighted by atomic mass is 9.99. The molecule has 19 heavy (non-hydrogen) atoms. The van der Waals surface area contributed by atoms with E-state index in [0.29, 0.717) is 0 Å². The summed E-state index contributed by atoms with van der Waals surface area (Å²) in [5, 5.41) is 6.36. The maximum atomic E-state index is 12.4. The lowest BCUT2D eigenvalue weighted by Gasteiger charge is -2.24. The molecule has 1 amide bonds. The van der Waals surface area contributed by atoms with Crippen molar-refractivity contribution in [1.82, 2.24) is 10.2 Å². The minimum Gasteiger partial charge on any atom is -0.324 e. The van der Waals surface area contributed by atoms with Crippen molar-refractivity contribution in [2.75, 3.05) is 26.0 Å². The molecule has 1 saturated heterocycles. The maximum absolute atomic E-state index is 12.4. The zero-order chi connectivity index (χ0) is 13.9. The summed E-state index contributed by atoms with van der Waals surface area (Å²) in [6, 6.07) is 7.98. The summed E-state index contributed by atoms with van der Waals surface area (Å²) in [7, 11) is 4.05. The molecule has 1 atom stereocenters. The summed E-state index contributed by atoms with van der Waals surface area (Å²) in [6.45, 7) is 3.72. The van der Waals surface area contributed by atoms with Crippen LogP contribution in [0.1, 0.15) is 25.3 Å². The average Bonchev–Trinajstić information content (AvgIpc) is 2.79. The van der Waals surface area contributed by atoms with Crippen LogP contribution in [0, 0.1) is 0 Å². The summed E-state index contributed by atoms with van der Waals surface area (Å²) in [5.41, 5.74) is 1.63. The van der Waals surface area contributed by atoms with Crippen molar-refractivity contribution in [3.05, 3.63) is 29.8 Å². The minimum absolute atomic E-state index is 0.0659. The van der Waals surface area contributed by atoms with Crippen LogP contribution in [-0.4, -0.2) is 37.0 Å². The Balaban J connectivity index is 2.12. The molecular formula is C15H23N3O. The summed E-state index contributed by atoms with van der Waals surface area (Å²) >= 11 is 0.